The highest BCUT2D eigenvalue weighted by Crippen LogP contribution is 2.10. The predicted molar refractivity (Wildman–Crippen MR) is 53.4 cm³/mol. The van der Waals surface area contributed by atoms with Crippen LogP contribution in [-0.2, 0) is 4.79 Å². The number of hydrogen-bond donors (Lipinski definition) is 1. The van der Waals surface area contributed by atoms with Gasteiger partial charge in [0, 0.05) is 5.69 Å². The molecule has 1 aromatic carbocycles. The smallest absolute Gasteiger partial charge is 0.237 e. The Morgan fingerprint density at radius 1 is 1.62 bits per heavy atom. The molecule has 1 N–H and O–H groups in total. The highest BCUT2D eigenvalue weighted by molar-refractivity contribution is 9.10. The third-order valence-corrected chi connectivity index (χ3v) is 1.87. The van der Waals surface area contributed by atoms with Crippen LogP contribution < -0.4 is 5.32 Å². The standard InChI is InChI=1S/C9H9BrFNO/c1-6(10)9(13)12-8-4-2-3-7(11)5-8/h2-6H,1H3,(H,12,13). The van der Waals surface area contributed by atoms with Crippen molar-refractivity contribution >= 4 is 27.5 Å². The number of benzene rings is 1. The molecule has 1 rings (SSSR count). The zero-order valence-corrected chi connectivity index (χ0v) is 8.64. The normalized spacial score (nSPS) is 12.2. The number of halogens is 2. The van der Waals surface area contributed by atoms with Crippen molar-refractivity contribution in [1.82, 2.24) is 0 Å². The van der Waals surface area contributed by atoms with Crippen molar-refractivity contribution < 1.29 is 9.18 Å². The Balaban J connectivity index is 2.69. The fourth-order valence-corrected chi connectivity index (χ4v) is 0.922. The van der Waals surface area contributed by atoms with Crippen molar-refractivity contribution in [2.75, 3.05) is 5.32 Å². The zero-order valence-electron chi connectivity index (χ0n) is 7.05. The molecule has 1 atom stereocenters. The Morgan fingerprint density at radius 2 is 2.31 bits per heavy atom. The summed E-state index contributed by atoms with van der Waals surface area (Å²) in [6.07, 6.45) is 0. The average molecular weight is 246 g/mol. The van der Waals surface area contributed by atoms with Crippen molar-refractivity contribution in [2.45, 2.75) is 11.8 Å². The summed E-state index contributed by atoms with van der Waals surface area (Å²) in [6, 6.07) is 5.78. The lowest BCUT2D eigenvalue weighted by Gasteiger charge is -2.05. The van der Waals surface area contributed by atoms with Gasteiger partial charge in [-0.3, -0.25) is 4.79 Å². The first-order valence-corrected chi connectivity index (χ1v) is 4.71. The second kappa shape index (κ2) is 4.37. The topological polar surface area (TPSA) is 29.1 Å². The van der Waals surface area contributed by atoms with Gasteiger partial charge in [0.15, 0.2) is 0 Å². The van der Waals surface area contributed by atoms with Crippen LogP contribution in [0.3, 0.4) is 0 Å². The van der Waals surface area contributed by atoms with Gasteiger partial charge in [-0.2, -0.15) is 0 Å². The van der Waals surface area contributed by atoms with E-state index in [0.29, 0.717) is 5.69 Å². The molecule has 0 saturated heterocycles. The van der Waals surface area contributed by atoms with Gasteiger partial charge < -0.3 is 5.32 Å². The van der Waals surface area contributed by atoms with Crippen LogP contribution >= 0.6 is 15.9 Å². The van der Waals surface area contributed by atoms with E-state index in [2.05, 4.69) is 21.2 Å². The van der Waals surface area contributed by atoms with E-state index in [-0.39, 0.29) is 16.6 Å². The molecule has 0 saturated carbocycles. The van der Waals surface area contributed by atoms with Gasteiger partial charge in [0.05, 0.1) is 4.83 Å². The van der Waals surface area contributed by atoms with Gasteiger partial charge in [-0.15, -0.1) is 0 Å². The third-order valence-electron chi connectivity index (χ3n) is 1.45. The first-order chi connectivity index (χ1) is 6.09. The fourth-order valence-electron chi connectivity index (χ4n) is 0.808. The lowest BCUT2D eigenvalue weighted by molar-refractivity contribution is -0.115. The van der Waals surface area contributed by atoms with Gasteiger partial charge in [-0.1, -0.05) is 22.0 Å². The summed E-state index contributed by atoms with van der Waals surface area (Å²) in [5.74, 6) is -0.550. The molecule has 0 aliphatic rings. The second-order valence-electron chi connectivity index (χ2n) is 2.62. The lowest BCUT2D eigenvalue weighted by atomic mass is 10.3. The maximum absolute atomic E-state index is 12.7. The molecule has 2 nitrogen and oxygen atoms in total. The average Bonchev–Trinajstić information content (AvgIpc) is 2.04. The highest BCUT2D eigenvalue weighted by atomic mass is 79.9. The Bertz CT molecular complexity index is 314. The SMILES string of the molecule is CC(Br)C(=O)Nc1cccc(F)c1. The Kier molecular flexibility index (Phi) is 3.42. The van der Waals surface area contributed by atoms with Crippen LogP contribution in [0.5, 0.6) is 0 Å². The van der Waals surface area contributed by atoms with Gasteiger partial charge in [0.25, 0.3) is 0 Å². The summed E-state index contributed by atoms with van der Waals surface area (Å²) in [4.78, 5) is 10.9. The molecule has 1 amide bonds. The van der Waals surface area contributed by atoms with Crippen LogP contribution in [-0.4, -0.2) is 10.7 Å². The number of hydrogen-bond acceptors (Lipinski definition) is 1. The number of amides is 1. The number of anilines is 1. The molecule has 4 heteroatoms. The molecule has 1 unspecified atom stereocenters. The molecule has 0 fully saturated rings. The highest BCUT2D eigenvalue weighted by Gasteiger charge is 2.08. The Hall–Kier alpha value is -0.900. The molecule has 13 heavy (non-hydrogen) atoms. The number of carbonyl (C=O) groups is 1. The minimum Gasteiger partial charge on any atom is -0.325 e. The fraction of sp³-hybridized carbons (Fsp3) is 0.222. The number of nitrogens with one attached hydrogen (secondary N) is 1. The largest absolute Gasteiger partial charge is 0.325 e. The van der Waals surface area contributed by atoms with Gasteiger partial charge in [0.1, 0.15) is 5.82 Å². The van der Waals surface area contributed by atoms with Crippen LogP contribution in [0.4, 0.5) is 10.1 Å². The molecule has 0 heterocycles. The van der Waals surface area contributed by atoms with E-state index in [4.69, 9.17) is 0 Å². The molecule has 0 spiro atoms. The van der Waals surface area contributed by atoms with E-state index < -0.39 is 0 Å². The molecular weight excluding hydrogens is 237 g/mol. The summed E-state index contributed by atoms with van der Waals surface area (Å²) in [6.45, 7) is 1.70. The summed E-state index contributed by atoms with van der Waals surface area (Å²) in [5, 5.41) is 2.56. The first kappa shape index (κ1) is 10.2. The van der Waals surface area contributed by atoms with E-state index in [1.54, 1.807) is 19.1 Å². The second-order valence-corrected chi connectivity index (χ2v) is 3.99. The van der Waals surface area contributed by atoms with Crippen molar-refractivity contribution in [2.24, 2.45) is 0 Å². The van der Waals surface area contributed by atoms with E-state index >= 15 is 0 Å². The molecule has 0 aliphatic heterocycles. The molecule has 1 aromatic rings. The summed E-state index contributed by atoms with van der Waals surface area (Å²) >= 11 is 3.11. The van der Waals surface area contributed by atoms with Crippen LogP contribution in [0.2, 0.25) is 0 Å². The van der Waals surface area contributed by atoms with Crippen molar-refractivity contribution in [3.8, 4) is 0 Å². The molecular formula is C9H9BrFNO. The van der Waals surface area contributed by atoms with E-state index in [0.717, 1.165) is 0 Å². The maximum Gasteiger partial charge on any atom is 0.237 e. The number of carbonyl (C=O) groups excluding carboxylic acids is 1. The minimum atomic E-state index is -0.361. The van der Waals surface area contributed by atoms with Crippen LogP contribution in [0, 0.1) is 5.82 Å². The first-order valence-electron chi connectivity index (χ1n) is 3.80. The van der Waals surface area contributed by atoms with E-state index in [1.165, 1.54) is 12.1 Å². The van der Waals surface area contributed by atoms with Crippen molar-refractivity contribution in [3.05, 3.63) is 30.1 Å². The van der Waals surface area contributed by atoms with Crippen molar-refractivity contribution in [3.63, 3.8) is 0 Å². The van der Waals surface area contributed by atoms with Crippen LogP contribution in [0.15, 0.2) is 24.3 Å². The van der Waals surface area contributed by atoms with Crippen molar-refractivity contribution in [1.29, 1.82) is 0 Å². The zero-order chi connectivity index (χ0) is 9.84. The summed E-state index contributed by atoms with van der Waals surface area (Å²) < 4.78 is 12.7. The minimum absolute atomic E-state index is 0.189. The predicted octanol–water partition coefficient (Wildman–Crippen LogP) is 2.55. The number of alkyl halides is 1. The lowest BCUT2D eigenvalue weighted by Crippen LogP contribution is -2.19. The van der Waals surface area contributed by atoms with E-state index in [1.807, 2.05) is 0 Å². The molecule has 0 bridgehead atoms. The van der Waals surface area contributed by atoms with Gasteiger partial charge >= 0.3 is 0 Å². The van der Waals surface area contributed by atoms with Crippen LogP contribution in [0.25, 0.3) is 0 Å². The maximum atomic E-state index is 12.7. The number of rotatable bonds is 2. The van der Waals surface area contributed by atoms with Gasteiger partial charge in [-0.25, -0.2) is 4.39 Å². The molecule has 0 aromatic heterocycles. The Morgan fingerprint density at radius 3 is 2.85 bits per heavy atom. The van der Waals surface area contributed by atoms with Gasteiger partial charge in [-0.05, 0) is 25.1 Å². The summed E-state index contributed by atoms with van der Waals surface area (Å²) in [7, 11) is 0. The monoisotopic (exact) mass is 245 g/mol. The molecule has 0 aliphatic carbocycles. The van der Waals surface area contributed by atoms with Gasteiger partial charge in [0.2, 0.25) is 5.91 Å². The molecule has 70 valence electrons. The quantitative estimate of drug-likeness (QED) is 0.798. The Labute approximate surface area is 84.3 Å². The summed E-state index contributed by atoms with van der Waals surface area (Å²) in [5.41, 5.74) is 0.469. The van der Waals surface area contributed by atoms with Crippen LogP contribution in [0.1, 0.15) is 6.92 Å². The molecule has 0 radical (unpaired) electrons. The van der Waals surface area contributed by atoms with E-state index in [9.17, 15) is 9.18 Å². The third kappa shape index (κ3) is 3.14.